The van der Waals surface area contributed by atoms with E-state index in [1.54, 1.807) is 0 Å². The zero-order valence-electron chi connectivity index (χ0n) is 10.6. The number of hydrogen-bond donors (Lipinski definition) is 2. The third kappa shape index (κ3) is 3.35. The van der Waals surface area contributed by atoms with Crippen molar-refractivity contribution in [2.24, 2.45) is 11.8 Å². The molecular formula is C12H20N2O4. The van der Waals surface area contributed by atoms with Crippen LogP contribution in [0.5, 0.6) is 0 Å². The first-order valence-electron chi connectivity index (χ1n) is 6.45. The second-order valence-corrected chi connectivity index (χ2v) is 5.14. The highest BCUT2D eigenvalue weighted by Crippen LogP contribution is 2.36. The maximum absolute atomic E-state index is 11.9. The van der Waals surface area contributed by atoms with Crippen molar-refractivity contribution in [3.63, 3.8) is 0 Å². The summed E-state index contributed by atoms with van der Waals surface area (Å²) in [6.07, 6.45) is 1.62. The van der Waals surface area contributed by atoms with Gasteiger partial charge in [-0.25, -0.2) is 9.59 Å². The largest absolute Gasteiger partial charge is 0.479 e. The lowest BCUT2D eigenvalue weighted by molar-refractivity contribution is -0.154. The van der Waals surface area contributed by atoms with Gasteiger partial charge in [-0.05, 0) is 24.7 Å². The van der Waals surface area contributed by atoms with Crippen molar-refractivity contribution in [2.45, 2.75) is 25.9 Å². The fourth-order valence-electron chi connectivity index (χ4n) is 2.18. The van der Waals surface area contributed by atoms with Crippen LogP contribution in [0.25, 0.3) is 0 Å². The first-order valence-corrected chi connectivity index (χ1v) is 6.45. The van der Waals surface area contributed by atoms with Gasteiger partial charge in [-0.15, -0.1) is 0 Å². The Balaban J connectivity index is 1.75. The Morgan fingerprint density at radius 1 is 1.50 bits per heavy atom. The summed E-state index contributed by atoms with van der Waals surface area (Å²) in [6.45, 7) is 3.66. The molecule has 0 bridgehead atoms. The molecular weight excluding hydrogens is 236 g/mol. The lowest BCUT2D eigenvalue weighted by Crippen LogP contribution is -2.52. The van der Waals surface area contributed by atoms with Crippen LogP contribution in [0.4, 0.5) is 4.79 Å². The Bertz CT molecular complexity index is 330. The summed E-state index contributed by atoms with van der Waals surface area (Å²) in [4.78, 5) is 24.2. The molecule has 6 heteroatoms. The van der Waals surface area contributed by atoms with Gasteiger partial charge in [-0.1, -0.05) is 6.92 Å². The maximum atomic E-state index is 11.9. The highest BCUT2D eigenvalue weighted by atomic mass is 16.5. The summed E-state index contributed by atoms with van der Waals surface area (Å²) in [5.74, 6) is 0.242. The van der Waals surface area contributed by atoms with Gasteiger partial charge >= 0.3 is 12.0 Å². The smallest absolute Gasteiger partial charge is 0.334 e. The van der Waals surface area contributed by atoms with E-state index in [0.717, 1.165) is 5.92 Å². The van der Waals surface area contributed by atoms with Gasteiger partial charge in [0.25, 0.3) is 0 Å². The van der Waals surface area contributed by atoms with Crippen LogP contribution in [0.2, 0.25) is 0 Å². The first-order chi connectivity index (χ1) is 8.58. The van der Waals surface area contributed by atoms with Gasteiger partial charge in [0.05, 0.1) is 13.2 Å². The van der Waals surface area contributed by atoms with Crippen LogP contribution in [-0.4, -0.2) is 54.4 Å². The molecule has 2 atom stereocenters. The van der Waals surface area contributed by atoms with Gasteiger partial charge in [-0.2, -0.15) is 0 Å². The highest BCUT2D eigenvalue weighted by Gasteiger charge is 2.31. The SMILES string of the molecule is CC(CNC(=O)N1CCOC(C(=O)O)C1)C1CC1. The maximum Gasteiger partial charge on any atom is 0.334 e. The summed E-state index contributed by atoms with van der Waals surface area (Å²) in [5.41, 5.74) is 0. The van der Waals surface area contributed by atoms with E-state index >= 15 is 0 Å². The van der Waals surface area contributed by atoms with E-state index in [9.17, 15) is 9.59 Å². The standard InChI is InChI=1S/C12H20N2O4/c1-8(9-2-3-9)6-13-12(17)14-4-5-18-10(7-14)11(15)16/h8-10H,2-7H2,1H3,(H,13,17)(H,15,16). The van der Waals surface area contributed by atoms with E-state index in [4.69, 9.17) is 9.84 Å². The minimum Gasteiger partial charge on any atom is -0.479 e. The van der Waals surface area contributed by atoms with E-state index in [1.165, 1.54) is 17.7 Å². The molecule has 1 heterocycles. The zero-order valence-corrected chi connectivity index (χ0v) is 10.6. The number of carboxylic acids is 1. The van der Waals surface area contributed by atoms with E-state index in [0.29, 0.717) is 19.0 Å². The van der Waals surface area contributed by atoms with Crippen LogP contribution in [0.3, 0.4) is 0 Å². The molecule has 1 saturated carbocycles. The number of morpholine rings is 1. The zero-order chi connectivity index (χ0) is 13.1. The summed E-state index contributed by atoms with van der Waals surface area (Å²) in [5, 5.41) is 11.7. The number of carboxylic acid groups (broad SMARTS) is 1. The summed E-state index contributed by atoms with van der Waals surface area (Å²) in [6, 6.07) is -0.183. The third-order valence-corrected chi connectivity index (χ3v) is 3.63. The van der Waals surface area contributed by atoms with Crippen molar-refractivity contribution >= 4 is 12.0 Å². The monoisotopic (exact) mass is 256 g/mol. The van der Waals surface area contributed by atoms with Crippen molar-refractivity contribution in [3.05, 3.63) is 0 Å². The second kappa shape index (κ2) is 5.56. The Morgan fingerprint density at radius 2 is 2.22 bits per heavy atom. The number of ether oxygens (including phenoxy) is 1. The highest BCUT2D eigenvalue weighted by molar-refractivity contribution is 5.77. The van der Waals surface area contributed by atoms with Crippen molar-refractivity contribution in [1.29, 1.82) is 0 Å². The summed E-state index contributed by atoms with van der Waals surface area (Å²) in [7, 11) is 0. The topological polar surface area (TPSA) is 78.9 Å². The molecule has 0 aromatic rings. The van der Waals surface area contributed by atoms with E-state index in [1.807, 2.05) is 0 Å². The third-order valence-electron chi connectivity index (χ3n) is 3.63. The summed E-state index contributed by atoms with van der Waals surface area (Å²) >= 11 is 0. The average molecular weight is 256 g/mol. The Labute approximate surface area is 106 Å². The minimum absolute atomic E-state index is 0.124. The van der Waals surface area contributed by atoms with E-state index in [-0.39, 0.29) is 19.2 Å². The number of nitrogens with zero attached hydrogens (tertiary/aromatic N) is 1. The fourth-order valence-corrected chi connectivity index (χ4v) is 2.18. The second-order valence-electron chi connectivity index (χ2n) is 5.14. The number of urea groups is 1. The number of carbonyl (C=O) groups excluding carboxylic acids is 1. The number of amides is 2. The Hall–Kier alpha value is -1.30. The number of nitrogens with one attached hydrogen (secondary N) is 1. The Morgan fingerprint density at radius 3 is 2.83 bits per heavy atom. The van der Waals surface area contributed by atoms with Crippen molar-refractivity contribution < 1.29 is 19.4 Å². The molecule has 0 aromatic heterocycles. The van der Waals surface area contributed by atoms with Crippen LogP contribution in [0.1, 0.15) is 19.8 Å². The van der Waals surface area contributed by atoms with Crippen molar-refractivity contribution in [2.75, 3.05) is 26.2 Å². The van der Waals surface area contributed by atoms with Gasteiger partial charge in [0.1, 0.15) is 0 Å². The molecule has 18 heavy (non-hydrogen) atoms. The molecule has 1 aliphatic carbocycles. The molecule has 2 aliphatic rings. The fraction of sp³-hybridized carbons (Fsp3) is 0.833. The number of aliphatic carboxylic acids is 1. The van der Waals surface area contributed by atoms with Gasteiger partial charge in [0.2, 0.25) is 0 Å². The molecule has 1 aliphatic heterocycles. The Kier molecular flexibility index (Phi) is 4.06. The van der Waals surface area contributed by atoms with Crippen LogP contribution in [0.15, 0.2) is 0 Å². The number of hydrogen-bond acceptors (Lipinski definition) is 3. The van der Waals surface area contributed by atoms with Gasteiger partial charge in [0.15, 0.2) is 6.10 Å². The van der Waals surface area contributed by atoms with E-state index < -0.39 is 12.1 Å². The number of rotatable bonds is 4. The van der Waals surface area contributed by atoms with Gasteiger partial charge < -0.3 is 20.1 Å². The number of carbonyl (C=O) groups is 2. The van der Waals surface area contributed by atoms with Gasteiger partial charge in [0, 0.05) is 13.1 Å². The van der Waals surface area contributed by atoms with Crippen LogP contribution in [-0.2, 0) is 9.53 Å². The predicted molar refractivity (Wildman–Crippen MR) is 64.2 cm³/mol. The quantitative estimate of drug-likeness (QED) is 0.769. The van der Waals surface area contributed by atoms with E-state index in [2.05, 4.69) is 12.2 Å². The average Bonchev–Trinajstić information content (AvgIpc) is 3.20. The molecule has 0 aromatic carbocycles. The molecule has 2 amide bonds. The van der Waals surface area contributed by atoms with Crippen LogP contribution in [0, 0.1) is 11.8 Å². The molecule has 2 fully saturated rings. The molecule has 102 valence electrons. The molecule has 2 rings (SSSR count). The molecule has 2 unspecified atom stereocenters. The summed E-state index contributed by atoms with van der Waals surface area (Å²) < 4.78 is 5.07. The molecule has 2 N–H and O–H groups in total. The van der Waals surface area contributed by atoms with Gasteiger partial charge in [-0.3, -0.25) is 0 Å². The van der Waals surface area contributed by atoms with Crippen LogP contribution >= 0.6 is 0 Å². The molecule has 0 spiro atoms. The first kappa shape index (κ1) is 13.1. The lowest BCUT2D eigenvalue weighted by Gasteiger charge is -2.31. The minimum atomic E-state index is -1.01. The molecule has 6 nitrogen and oxygen atoms in total. The lowest BCUT2D eigenvalue weighted by atomic mass is 10.1. The normalized spacial score (nSPS) is 25.6. The molecule has 0 radical (unpaired) electrons. The predicted octanol–water partition coefficient (Wildman–Crippen LogP) is 0.527. The van der Waals surface area contributed by atoms with Crippen LogP contribution < -0.4 is 5.32 Å². The van der Waals surface area contributed by atoms with Crippen molar-refractivity contribution in [3.8, 4) is 0 Å². The molecule has 1 saturated heterocycles. The van der Waals surface area contributed by atoms with Crippen molar-refractivity contribution in [1.82, 2.24) is 10.2 Å².